The molecular weight excluding hydrogens is 282 g/mol. The van der Waals surface area contributed by atoms with Crippen LogP contribution >= 0.6 is 0 Å². The number of para-hydroxylation sites is 1. The molecule has 1 atom stereocenters. The van der Waals surface area contributed by atoms with Crippen LogP contribution in [-0.2, 0) is 11.2 Å². The molecular formula is C21H27NO. The van der Waals surface area contributed by atoms with Gasteiger partial charge in [0.05, 0.1) is 0 Å². The second-order valence-electron chi connectivity index (χ2n) is 6.90. The molecule has 2 rings (SSSR count). The van der Waals surface area contributed by atoms with Crippen molar-refractivity contribution in [2.45, 2.75) is 46.5 Å². The number of hydrogen-bond donors (Lipinski definition) is 1. The summed E-state index contributed by atoms with van der Waals surface area (Å²) in [5, 5.41) is 3.15. The topological polar surface area (TPSA) is 29.1 Å². The lowest BCUT2D eigenvalue weighted by molar-refractivity contribution is -0.123. The normalized spacial score (nSPS) is 12.7. The van der Waals surface area contributed by atoms with Crippen molar-refractivity contribution in [2.75, 3.05) is 5.32 Å². The van der Waals surface area contributed by atoms with Gasteiger partial charge in [0.2, 0.25) is 5.91 Å². The highest BCUT2D eigenvalue weighted by Crippen LogP contribution is 2.29. The van der Waals surface area contributed by atoms with E-state index >= 15 is 0 Å². The molecule has 0 fully saturated rings. The minimum absolute atomic E-state index is 0.0668. The molecule has 0 aliphatic rings. The fraction of sp³-hybridized carbons (Fsp3) is 0.381. The monoisotopic (exact) mass is 309 g/mol. The molecule has 0 aliphatic carbocycles. The zero-order valence-electron chi connectivity index (χ0n) is 14.6. The highest BCUT2D eigenvalue weighted by Gasteiger charge is 2.28. The van der Waals surface area contributed by atoms with Crippen molar-refractivity contribution >= 4 is 11.6 Å². The number of anilines is 1. The van der Waals surface area contributed by atoms with E-state index in [9.17, 15) is 4.79 Å². The van der Waals surface area contributed by atoms with Crippen LogP contribution < -0.4 is 5.32 Å². The Balaban J connectivity index is 2.15. The zero-order chi connectivity index (χ0) is 16.9. The summed E-state index contributed by atoms with van der Waals surface area (Å²) in [5.74, 6) is 0.501. The smallest absolute Gasteiger partial charge is 0.230 e. The van der Waals surface area contributed by atoms with Crippen LogP contribution in [0.4, 0.5) is 5.69 Å². The Morgan fingerprint density at radius 1 is 1.04 bits per heavy atom. The molecule has 0 radical (unpaired) electrons. The maximum Gasteiger partial charge on any atom is 0.230 e. The molecule has 2 heteroatoms. The van der Waals surface area contributed by atoms with Crippen LogP contribution in [0.5, 0.6) is 0 Å². The average molecular weight is 309 g/mol. The Bertz CT molecular complexity index is 646. The minimum Gasteiger partial charge on any atom is -0.325 e. The van der Waals surface area contributed by atoms with E-state index < -0.39 is 5.41 Å². The van der Waals surface area contributed by atoms with Gasteiger partial charge in [-0.05, 0) is 36.0 Å². The first kappa shape index (κ1) is 17.3. The molecule has 0 aromatic heterocycles. The standard InChI is InChI=1S/C21H27NO/c1-5-16(2)18-13-9-10-14-19(18)22-20(23)21(3,4)15-17-11-7-6-8-12-17/h6-14,16H,5,15H2,1-4H3,(H,22,23). The highest BCUT2D eigenvalue weighted by molar-refractivity contribution is 5.95. The Morgan fingerprint density at radius 2 is 1.65 bits per heavy atom. The molecule has 0 saturated carbocycles. The van der Waals surface area contributed by atoms with E-state index in [2.05, 4.69) is 37.4 Å². The lowest BCUT2D eigenvalue weighted by Crippen LogP contribution is -2.33. The van der Waals surface area contributed by atoms with Crippen molar-refractivity contribution in [3.63, 3.8) is 0 Å². The molecule has 122 valence electrons. The number of carbonyl (C=O) groups is 1. The fourth-order valence-electron chi connectivity index (χ4n) is 2.74. The molecule has 1 unspecified atom stereocenters. The Morgan fingerprint density at radius 3 is 2.30 bits per heavy atom. The van der Waals surface area contributed by atoms with Gasteiger partial charge in [-0.1, -0.05) is 76.2 Å². The minimum atomic E-state index is -0.454. The van der Waals surface area contributed by atoms with Crippen LogP contribution in [-0.4, -0.2) is 5.91 Å². The van der Waals surface area contributed by atoms with E-state index in [4.69, 9.17) is 0 Å². The summed E-state index contributed by atoms with van der Waals surface area (Å²) in [4.78, 5) is 12.8. The van der Waals surface area contributed by atoms with Crippen molar-refractivity contribution in [2.24, 2.45) is 5.41 Å². The summed E-state index contributed by atoms with van der Waals surface area (Å²) >= 11 is 0. The van der Waals surface area contributed by atoms with Crippen molar-refractivity contribution < 1.29 is 4.79 Å². The summed E-state index contributed by atoms with van der Waals surface area (Å²) < 4.78 is 0. The number of benzene rings is 2. The van der Waals surface area contributed by atoms with Crippen LogP contribution in [0.2, 0.25) is 0 Å². The maximum absolute atomic E-state index is 12.8. The first-order valence-electron chi connectivity index (χ1n) is 8.38. The summed E-state index contributed by atoms with van der Waals surface area (Å²) in [7, 11) is 0. The van der Waals surface area contributed by atoms with Crippen LogP contribution in [0.25, 0.3) is 0 Å². The second kappa shape index (κ2) is 7.45. The highest BCUT2D eigenvalue weighted by atomic mass is 16.2. The second-order valence-corrected chi connectivity index (χ2v) is 6.90. The largest absolute Gasteiger partial charge is 0.325 e. The van der Waals surface area contributed by atoms with Crippen molar-refractivity contribution in [1.82, 2.24) is 0 Å². The lowest BCUT2D eigenvalue weighted by Gasteiger charge is -2.25. The van der Waals surface area contributed by atoms with Crippen molar-refractivity contribution in [1.29, 1.82) is 0 Å². The Labute approximate surface area is 139 Å². The van der Waals surface area contributed by atoms with E-state index in [-0.39, 0.29) is 5.91 Å². The average Bonchev–Trinajstić information content (AvgIpc) is 2.55. The fourth-order valence-corrected chi connectivity index (χ4v) is 2.74. The Hall–Kier alpha value is -2.09. The van der Waals surface area contributed by atoms with E-state index in [1.165, 1.54) is 11.1 Å². The number of rotatable bonds is 6. The van der Waals surface area contributed by atoms with E-state index in [0.717, 1.165) is 18.5 Å². The Kier molecular flexibility index (Phi) is 5.59. The summed E-state index contributed by atoms with van der Waals surface area (Å²) in [6.07, 6.45) is 1.78. The lowest BCUT2D eigenvalue weighted by atomic mass is 9.84. The predicted molar refractivity (Wildman–Crippen MR) is 97.7 cm³/mol. The molecule has 1 N–H and O–H groups in total. The van der Waals surface area contributed by atoms with Crippen LogP contribution in [0.1, 0.15) is 51.2 Å². The molecule has 0 bridgehead atoms. The predicted octanol–water partition coefficient (Wildman–Crippen LogP) is 5.41. The number of hydrogen-bond acceptors (Lipinski definition) is 1. The third kappa shape index (κ3) is 4.44. The van der Waals surface area contributed by atoms with Crippen molar-refractivity contribution in [3.8, 4) is 0 Å². The third-order valence-electron chi connectivity index (χ3n) is 4.46. The van der Waals surface area contributed by atoms with Gasteiger partial charge in [-0.25, -0.2) is 0 Å². The van der Waals surface area contributed by atoms with Crippen LogP contribution in [0, 0.1) is 5.41 Å². The van der Waals surface area contributed by atoms with Gasteiger partial charge in [-0.2, -0.15) is 0 Å². The van der Waals surface area contributed by atoms with E-state index in [0.29, 0.717) is 5.92 Å². The molecule has 0 aliphatic heterocycles. The van der Waals surface area contributed by atoms with E-state index in [1.54, 1.807) is 0 Å². The third-order valence-corrected chi connectivity index (χ3v) is 4.46. The molecule has 2 aromatic rings. The molecule has 0 spiro atoms. The molecule has 1 amide bonds. The molecule has 0 heterocycles. The van der Waals surface area contributed by atoms with E-state index in [1.807, 2.05) is 50.2 Å². The summed E-state index contributed by atoms with van der Waals surface area (Å²) in [5.41, 5.74) is 2.87. The molecule has 2 aromatic carbocycles. The van der Waals surface area contributed by atoms with Crippen LogP contribution in [0.15, 0.2) is 54.6 Å². The zero-order valence-corrected chi connectivity index (χ0v) is 14.6. The first-order valence-corrected chi connectivity index (χ1v) is 8.38. The van der Waals surface area contributed by atoms with Gasteiger partial charge in [-0.3, -0.25) is 4.79 Å². The van der Waals surface area contributed by atoms with Gasteiger partial charge in [0.25, 0.3) is 0 Å². The summed E-state index contributed by atoms with van der Waals surface area (Å²) in [6, 6.07) is 18.3. The number of amides is 1. The van der Waals surface area contributed by atoms with Crippen LogP contribution in [0.3, 0.4) is 0 Å². The van der Waals surface area contributed by atoms with Gasteiger partial charge in [0, 0.05) is 11.1 Å². The first-order chi connectivity index (χ1) is 10.9. The van der Waals surface area contributed by atoms with Gasteiger partial charge < -0.3 is 5.32 Å². The molecule has 0 saturated heterocycles. The summed E-state index contributed by atoms with van der Waals surface area (Å²) in [6.45, 7) is 8.37. The SMILES string of the molecule is CCC(C)c1ccccc1NC(=O)C(C)(C)Cc1ccccc1. The quantitative estimate of drug-likeness (QED) is 0.759. The van der Waals surface area contributed by atoms with Gasteiger partial charge >= 0.3 is 0 Å². The molecule has 23 heavy (non-hydrogen) atoms. The number of nitrogens with one attached hydrogen (secondary N) is 1. The number of carbonyl (C=O) groups excluding carboxylic acids is 1. The van der Waals surface area contributed by atoms with Gasteiger partial charge in [0.15, 0.2) is 0 Å². The molecule has 2 nitrogen and oxygen atoms in total. The van der Waals surface area contributed by atoms with Gasteiger partial charge in [-0.15, -0.1) is 0 Å². The van der Waals surface area contributed by atoms with Crippen molar-refractivity contribution in [3.05, 3.63) is 65.7 Å². The maximum atomic E-state index is 12.8. The van der Waals surface area contributed by atoms with Gasteiger partial charge in [0.1, 0.15) is 0 Å².